The second kappa shape index (κ2) is 5.05. The fourth-order valence-electron chi connectivity index (χ4n) is 1.87. The first-order valence-electron chi connectivity index (χ1n) is 5.29. The van der Waals surface area contributed by atoms with Gasteiger partial charge in [-0.05, 0) is 11.6 Å². The third kappa shape index (κ3) is 2.77. The maximum atomic E-state index is 11.4. The number of rotatable bonds is 3. The van der Waals surface area contributed by atoms with Crippen LogP contribution in [-0.2, 0) is 11.3 Å². The van der Waals surface area contributed by atoms with Gasteiger partial charge in [-0.2, -0.15) is 0 Å². The molecule has 2 heterocycles. The molecule has 0 spiro atoms. The van der Waals surface area contributed by atoms with Crippen LogP contribution in [-0.4, -0.2) is 46.6 Å². The van der Waals surface area contributed by atoms with Gasteiger partial charge >= 0.3 is 0 Å². The summed E-state index contributed by atoms with van der Waals surface area (Å²) in [5.41, 5.74) is 1.08. The Morgan fingerprint density at radius 2 is 2.50 bits per heavy atom. The monoisotopic (exact) mass is 221 g/mol. The summed E-state index contributed by atoms with van der Waals surface area (Å²) >= 11 is 0. The Morgan fingerprint density at radius 1 is 1.62 bits per heavy atom. The van der Waals surface area contributed by atoms with Gasteiger partial charge in [0, 0.05) is 25.5 Å². The van der Waals surface area contributed by atoms with Crippen molar-refractivity contribution in [1.29, 1.82) is 0 Å². The molecular formula is C11H15N3O2. The summed E-state index contributed by atoms with van der Waals surface area (Å²) in [7, 11) is 0. The molecule has 0 aliphatic carbocycles. The molecule has 1 unspecified atom stereocenters. The third-order valence-electron chi connectivity index (χ3n) is 2.56. The minimum Gasteiger partial charge on any atom is -0.394 e. The fourth-order valence-corrected chi connectivity index (χ4v) is 1.87. The molecule has 1 aromatic rings. The summed E-state index contributed by atoms with van der Waals surface area (Å²) < 4.78 is 0. The maximum Gasteiger partial charge on any atom is 0.234 e. The van der Waals surface area contributed by atoms with Gasteiger partial charge in [0.15, 0.2) is 0 Å². The Morgan fingerprint density at radius 3 is 3.19 bits per heavy atom. The van der Waals surface area contributed by atoms with E-state index in [9.17, 15) is 4.79 Å². The van der Waals surface area contributed by atoms with E-state index >= 15 is 0 Å². The van der Waals surface area contributed by atoms with Crippen LogP contribution in [0.15, 0.2) is 24.5 Å². The number of piperazine rings is 1. The Balaban J connectivity index is 1.97. The van der Waals surface area contributed by atoms with Crippen molar-refractivity contribution in [1.82, 2.24) is 15.2 Å². The number of carbonyl (C=O) groups is 1. The summed E-state index contributed by atoms with van der Waals surface area (Å²) in [5.74, 6) is -0.0332. The lowest BCUT2D eigenvalue weighted by atomic mass is 10.2. The zero-order valence-electron chi connectivity index (χ0n) is 8.97. The number of nitrogens with one attached hydrogen (secondary N) is 1. The molecule has 1 aliphatic rings. The minimum absolute atomic E-state index is 0.0186. The molecule has 0 aromatic carbocycles. The molecule has 0 bridgehead atoms. The zero-order chi connectivity index (χ0) is 11.4. The summed E-state index contributed by atoms with van der Waals surface area (Å²) in [6.07, 6.45) is 3.52. The van der Waals surface area contributed by atoms with Crippen molar-refractivity contribution in [2.75, 3.05) is 19.7 Å². The average Bonchev–Trinajstić information content (AvgIpc) is 2.29. The highest BCUT2D eigenvalue weighted by atomic mass is 16.3. The van der Waals surface area contributed by atoms with Crippen LogP contribution in [0, 0.1) is 0 Å². The van der Waals surface area contributed by atoms with E-state index in [2.05, 4.69) is 10.3 Å². The summed E-state index contributed by atoms with van der Waals surface area (Å²) in [4.78, 5) is 17.4. The first-order chi connectivity index (χ1) is 7.78. The Hall–Kier alpha value is -1.46. The van der Waals surface area contributed by atoms with Gasteiger partial charge in [-0.1, -0.05) is 6.07 Å². The predicted octanol–water partition coefficient (Wildman–Crippen LogP) is -0.626. The number of nitrogens with zero attached hydrogens (tertiary/aromatic N) is 2. The van der Waals surface area contributed by atoms with E-state index < -0.39 is 0 Å². The van der Waals surface area contributed by atoms with E-state index in [4.69, 9.17) is 5.11 Å². The molecule has 5 nitrogen and oxygen atoms in total. The van der Waals surface area contributed by atoms with Crippen LogP contribution < -0.4 is 5.32 Å². The number of aliphatic hydroxyl groups excluding tert-OH is 1. The molecule has 0 saturated carbocycles. The largest absolute Gasteiger partial charge is 0.394 e. The summed E-state index contributed by atoms with van der Waals surface area (Å²) in [6.45, 7) is 1.73. The molecule has 1 saturated heterocycles. The highest BCUT2D eigenvalue weighted by molar-refractivity contribution is 5.79. The molecule has 2 N–H and O–H groups in total. The van der Waals surface area contributed by atoms with Crippen LogP contribution in [0.5, 0.6) is 0 Å². The van der Waals surface area contributed by atoms with Gasteiger partial charge in [0.1, 0.15) is 0 Å². The quantitative estimate of drug-likeness (QED) is 0.713. The number of amides is 1. The second-order valence-electron chi connectivity index (χ2n) is 3.98. The van der Waals surface area contributed by atoms with Gasteiger partial charge in [0.05, 0.1) is 19.2 Å². The second-order valence-corrected chi connectivity index (χ2v) is 3.98. The zero-order valence-corrected chi connectivity index (χ0v) is 8.97. The van der Waals surface area contributed by atoms with Crippen LogP contribution in [0.2, 0.25) is 0 Å². The van der Waals surface area contributed by atoms with Gasteiger partial charge in [0.25, 0.3) is 0 Å². The summed E-state index contributed by atoms with van der Waals surface area (Å²) in [6, 6.07) is 3.70. The topological polar surface area (TPSA) is 65.5 Å². The van der Waals surface area contributed by atoms with E-state index in [0.29, 0.717) is 19.6 Å². The highest BCUT2D eigenvalue weighted by Crippen LogP contribution is 2.06. The molecule has 1 fully saturated rings. The van der Waals surface area contributed by atoms with E-state index in [0.717, 1.165) is 5.56 Å². The van der Waals surface area contributed by atoms with Crippen molar-refractivity contribution in [2.45, 2.75) is 12.6 Å². The molecule has 86 valence electrons. The molecule has 1 aliphatic heterocycles. The number of carbonyl (C=O) groups excluding carboxylic acids is 1. The van der Waals surface area contributed by atoms with Crippen molar-refractivity contribution in [2.24, 2.45) is 0 Å². The lowest BCUT2D eigenvalue weighted by Gasteiger charge is -2.31. The normalized spacial score (nSPS) is 21.8. The molecule has 5 heteroatoms. The Kier molecular flexibility index (Phi) is 3.48. The van der Waals surface area contributed by atoms with Crippen LogP contribution in [0.4, 0.5) is 0 Å². The van der Waals surface area contributed by atoms with Gasteiger partial charge in [-0.3, -0.25) is 14.7 Å². The van der Waals surface area contributed by atoms with E-state index in [1.54, 1.807) is 12.4 Å². The van der Waals surface area contributed by atoms with Crippen molar-refractivity contribution in [3.8, 4) is 0 Å². The van der Waals surface area contributed by atoms with E-state index in [1.807, 2.05) is 17.0 Å². The van der Waals surface area contributed by atoms with Crippen molar-refractivity contribution in [3.05, 3.63) is 30.1 Å². The number of hydrogen-bond acceptors (Lipinski definition) is 4. The Bertz CT molecular complexity index is 356. The van der Waals surface area contributed by atoms with E-state index in [1.165, 1.54) is 0 Å². The lowest BCUT2D eigenvalue weighted by Crippen LogP contribution is -2.55. The molecule has 1 atom stereocenters. The molecule has 1 amide bonds. The smallest absolute Gasteiger partial charge is 0.234 e. The SMILES string of the molecule is O=C1CN(Cc2cccnc2)CC(CO)N1. The maximum absolute atomic E-state index is 11.4. The van der Waals surface area contributed by atoms with Crippen molar-refractivity contribution < 1.29 is 9.90 Å². The number of aliphatic hydroxyl groups is 1. The first kappa shape index (κ1) is 11.0. The van der Waals surface area contributed by atoms with Gasteiger partial charge in [-0.15, -0.1) is 0 Å². The third-order valence-corrected chi connectivity index (χ3v) is 2.56. The Labute approximate surface area is 94.1 Å². The summed E-state index contributed by atoms with van der Waals surface area (Å²) in [5, 5.41) is 11.8. The van der Waals surface area contributed by atoms with Crippen molar-refractivity contribution >= 4 is 5.91 Å². The van der Waals surface area contributed by atoms with Crippen LogP contribution in [0.1, 0.15) is 5.56 Å². The van der Waals surface area contributed by atoms with Gasteiger partial charge < -0.3 is 10.4 Å². The molecular weight excluding hydrogens is 206 g/mol. The minimum atomic E-state index is -0.155. The van der Waals surface area contributed by atoms with Crippen LogP contribution >= 0.6 is 0 Å². The first-order valence-corrected chi connectivity index (χ1v) is 5.29. The molecule has 16 heavy (non-hydrogen) atoms. The predicted molar refractivity (Wildman–Crippen MR) is 58.5 cm³/mol. The van der Waals surface area contributed by atoms with Crippen molar-refractivity contribution in [3.63, 3.8) is 0 Å². The van der Waals surface area contributed by atoms with E-state index in [-0.39, 0.29) is 18.6 Å². The fraction of sp³-hybridized carbons (Fsp3) is 0.455. The molecule has 1 aromatic heterocycles. The van der Waals surface area contributed by atoms with Gasteiger partial charge in [0.2, 0.25) is 5.91 Å². The molecule has 0 radical (unpaired) electrons. The standard InChI is InChI=1S/C11H15N3O2/c15-8-10-6-14(7-11(16)13-10)5-9-2-1-3-12-4-9/h1-4,10,15H,5-8H2,(H,13,16). The van der Waals surface area contributed by atoms with Gasteiger partial charge in [-0.25, -0.2) is 0 Å². The molecule has 2 rings (SSSR count). The van der Waals surface area contributed by atoms with Crippen LogP contribution in [0.25, 0.3) is 0 Å². The van der Waals surface area contributed by atoms with Crippen LogP contribution in [0.3, 0.4) is 0 Å². The average molecular weight is 221 g/mol. The lowest BCUT2D eigenvalue weighted by molar-refractivity contribution is -0.126. The number of pyridine rings is 1. The highest BCUT2D eigenvalue weighted by Gasteiger charge is 2.23. The number of hydrogen-bond donors (Lipinski definition) is 2. The number of aromatic nitrogens is 1.